The van der Waals surface area contributed by atoms with E-state index in [0.717, 1.165) is 34.4 Å². The molecule has 1 N–H and O–H groups in total. The molecule has 0 atom stereocenters. The zero-order valence-electron chi connectivity index (χ0n) is 12.7. The third-order valence-electron chi connectivity index (χ3n) is 3.72. The molecule has 7 heteroatoms. The fourth-order valence-electron chi connectivity index (χ4n) is 2.48. The first-order valence-electron chi connectivity index (χ1n) is 7.16. The highest BCUT2D eigenvalue weighted by Gasteiger charge is 2.14. The molecule has 0 bridgehead atoms. The second kappa shape index (κ2) is 6.09. The average Bonchev–Trinajstić information content (AvgIpc) is 2.87. The fraction of sp³-hybridized carbons (Fsp3) is 0.118. The highest BCUT2D eigenvalue weighted by Crippen LogP contribution is 2.25. The number of hydrogen-bond donors (Lipinski definition) is 1. The lowest BCUT2D eigenvalue weighted by Gasteiger charge is -2.05. The summed E-state index contributed by atoms with van der Waals surface area (Å²) >= 11 is 0. The van der Waals surface area contributed by atoms with E-state index in [4.69, 9.17) is 4.42 Å². The number of amides is 1. The number of fused-ring (bicyclic) bond motifs is 1. The Balaban J connectivity index is 1.76. The molecule has 0 aliphatic carbocycles. The molecule has 0 radical (unpaired) electrons. The first-order valence-corrected chi connectivity index (χ1v) is 8.54. The third-order valence-corrected chi connectivity index (χ3v) is 4.56. The summed E-state index contributed by atoms with van der Waals surface area (Å²) in [5.74, 6) is 0.331. The zero-order chi connectivity index (χ0) is 17.3. The molecule has 0 aliphatic rings. The van der Waals surface area contributed by atoms with Crippen molar-refractivity contribution >= 4 is 27.1 Å². The monoisotopic (exact) mass is 347 g/mol. The number of carbonyl (C=O) groups is 1. The van der Waals surface area contributed by atoms with E-state index in [1.165, 1.54) is 12.1 Å². The van der Waals surface area contributed by atoms with Crippen molar-refractivity contribution in [1.82, 2.24) is 5.32 Å². The topological polar surface area (TPSA) is 76.4 Å². The van der Waals surface area contributed by atoms with Gasteiger partial charge in [-0.1, -0.05) is 18.2 Å². The van der Waals surface area contributed by atoms with Crippen molar-refractivity contribution in [3.05, 3.63) is 65.4 Å². The summed E-state index contributed by atoms with van der Waals surface area (Å²) in [5.41, 5.74) is 1.87. The molecule has 124 valence electrons. The molecule has 0 fully saturated rings. The quantitative estimate of drug-likeness (QED) is 0.735. The number of benzene rings is 2. The predicted octanol–water partition coefficient (Wildman–Crippen LogP) is 3.33. The van der Waals surface area contributed by atoms with Crippen LogP contribution in [-0.2, 0) is 16.8 Å². The lowest BCUT2D eigenvalue weighted by molar-refractivity contribution is 0.0951. The van der Waals surface area contributed by atoms with Crippen LogP contribution in [0, 0.1) is 6.92 Å². The van der Waals surface area contributed by atoms with Crippen LogP contribution in [0.4, 0.5) is 3.89 Å². The summed E-state index contributed by atoms with van der Waals surface area (Å²) in [6.45, 7) is 2.09. The Morgan fingerprint density at radius 2 is 1.79 bits per heavy atom. The minimum absolute atomic E-state index is 0.243. The maximum atomic E-state index is 12.8. The molecule has 0 unspecified atom stereocenters. The average molecular weight is 347 g/mol. The van der Waals surface area contributed by atoms with Crippen molar-refractivity contribution in [2.75, 3.05) is 0 Å². The lowest BCUT2D eigenvalue weighted by atomic mass is 10.1. The van der Waals surface area contributed by atoms with Crippen LogP contribution in [0.15, 0.2) is 57.8 Å². The number of para-hydroxylation sites is 1. The van der Waals surface area contributed by atoms with Crippen molar-refractivity contribution in [2.45, 2.75) is 18.4 Å². The largest absolute Gasteiger partial charge is 0.461 e. The van der Waals surface area contributed by atoms with Gasteiger partial charge in [-0.25, -0.2) is 0 Å². The summed E-state index contributed by atoms with van der Waals surface area (Å²) in [7, 11) is -4.77. The van der Waals surface area contributed by atoms with E-state index in [1.807, 2.05) is 31.2 Å². The molecule has 0 spiro atoms. The Morgan fingerprint density at radius 1 is 1.12 bits per heavy atom. The molecule has 24 heavy (non-hydrogen) atoms. The van der Waals surface area contributed by atoms with Gasteiger partial charge >= 0.3 is 10.2 Å². The van der Waals surface area contributed by atoms with Crippen molar-refractivity contribution in [1.29, 1.82) is 0 Å². The van der Waals surface area contributed by atoms with Gasteiger partial charge in [0, 0.05) is 23.1 Å². The molecular weight excluding hydrogens is 333 g/mol. The maximum absolute atomic E-state index is 12.8. The van der Waals surface area contributed by atoms with E-state index in [-0.39, 0.29) is 18.0 Å². The van der Waals surface area contributed by atoms with Gasteiger partial charge in [-0.2, -0.15) is 8.42 Å². The molecule has 2 aromatic carbocycles. The summed E-state index contributed by atoms with van der Waals surface area (Å²) in [5, 5.41) is 3.68. The smallest absolute Gasteiger partial charge is 0.332 e. The fourth-order valence-corrected chi connectivity index (χ4v) is 2.94. The van der Waals surface area contributed by atoms with Crippen molar-refractivity contribution in [3.8, 4) is 0 Å². The van der Waals surface area contributed by atoms with Crippen LogP contribution in [-0.4, -0.2) is 14.3 Å². The molecule has 0 saturated carbocycles. The Labute approximate surface area is 138 Å². The van der Waals surface area contributed by atoms with E-state index < -0.39 is 15.1 Å². The van der Waals surface area contributed by atoms with Gasteiger partial charge in [0.25, 0.3) is 5.91 Å². The summed E-state index contributed by atoms with van der Waals surface area (Å²) in [4.78, 5) is 11.7. The van der Waals surface area contributed by atoms with Gasteiger partial charge < -0.3 is 9.73 Å². The van der Waals surface area contributed by atoms with Crippen LogP contribution in [0.3, 0.4) is 0 Å². The number of rotatable bonds is 4. The van der Waals surface area contributed by atoms with Crippen LogP contribution < -0.4 is 5.32 Å². The first-order chi connectivity index (χ1) is 11.4. The van der Waals surface area contributed by atoms with E-state index >= 15 is 0 Å². The first kappa shape index (κ1) is 16.2. The Bertz CT molecular complexity index is 1010. The van der Waals surface area contributed by atoms with Crippen LogP contribution in [0.2, 0.25) is 0 Å². The molecular formula is C17H14FNO4S. The normalized spacial score (nSPS) is 11.6. The van der Waals surface area contributed by atoms with Gasteiger partial charge in [0.1, 0.15) is 11.3 Å². The second-order valence-corrected chi connectivity index (χ2v) is 6.62. The van der Waals surface area contributed by atoms with Crippen LogP contribution >= 0.6 is 0 Å². The maximum Gasteiger partial charge on any atom is 0.332 e. The molecule has 1 amide bonds. The molecule has 0 aliphatic heterocycles. The van der Waals surface area contributed by atoms with Gasteiger partial charge in [0.2, 0.25) is 0 Å². The van der Waals surface area contributed by atoms with Crippen molar-refractivity contribution in [2.24, 2.45) is 0 Å². The summed E-state index contributed by atoms with van der Waals surface area (Å²) in [6, 6.07) is 12.2. The Hall–Kier alpha value is -2.67. The van der Waals surface area contributed by atoms with Gasteiger partial charge in [-0.3, -0.25) is 4.79 Å². The highest BCUT2D eigenvalue weighted by atomic mass is 32.3. The lowest BCUT2D eigenvalue weighted by Crippen LogP contribution is -2.23. The molecule has 1 heterocycles. The number of carbonyl (C=O) groups excluding carboxylic acids is 1. The minimum atomic E-state index is -4.77. The SMILES string of the molecule is Cc1oc2ccccc2c1CNC(=O)c1ccc(S(=O)(=O)F)cc1. The van der Waals surface area contributed by atoms with Gasteiger partial charge in [0.05, 0.1) is 4.90 Å². The predicted molar refractivity (Wildman–Crippen MR) is 86.9 cm³/mol. The third kappa shape index (κ3) is 3.16. The Morgan fingerprint density at radius 3 is 2.46 bits per heavy atom. The molecule has 1 aromatic heterocycles. The van der Waals surface area contributed by atoms with E-state index in [2.05, 4.69) is 5.32 Å². The summed E-state index contributed by atoms with van der Waals surface area (Å²) < 4.78 is 40.0. The number of halogens is 1. The van der Waals surface area contributed by atoms with Gasteiger partial charge in [0.15, 0.2) is 0 Å². The van der Waals surface area contributed by atoms with E-state index in [1.54, 1.807) is 0 Å². The van der Waals surface area contributed by atoms with Crippen LogP contribution in [0.5, 0.6) is 0 Å². The van der Waals surface area contributed by atoms with E-state index in [9.17, 15) is 17.1 Å². The Kier molecular flexibility index (Phi) is 4.11. The molecule has 0 saturated heterocycles. The summed E-state index contributed by atoms with van der Waals surface area (Å²) in [6.07, 6.45) is 0. The van der Waals surface area contributed by atoms with E-state index in [0.29, 0.717) is 0 Å². The van der Waals surface area contributed by atoms with Crippen LogP contribution in [0.1, 0.15) is 21.7 Å². The molecule has 3 rings (SSSR count). The van der Waals surface area contributed by atoms with Gasteiger partial charge in [-0.15, -0.1) is 3.89 Å². The standard InChI is InChI=1S/C17H14FNO4S/c1-11-15(14-4-2-3-5-16(14)23-11)10-19-17(20)12-6-8-13(9-7-12)24(18,21)22/h2-9H,10H2,1H3,(H,19,20). The van der Waals surface area contributed by atoms with Crippen LogP contribution in [0.25, 0.3) is 11.0 Å². The number of nitrogens with one attached hydrogen (secondary N) is 1. The van der Waals surface area contributed by atoms with Gasteiger partial charge in [-0.05, 0) is 37.3 Å². The molecule has 3 aromatic rings. The second-order valence-electron chi connectivity index (χ2n) is 5.28. The zero-order valence-corrected chi connectivity index (χ0v) is 13.6. The molecule has 5 nitrogen and oxygen atoms in total. The van der Waals surface area contributed by atoms with Crippen molar-refractivity contribution < 1.29 is 21.5 Å². The number of hydrogen-bond acceptors (Lipinski definition) is 4. The highest BCUT2D eigenvalue weighted by molar-refractivity contribution is 7.86. The van der Waals surface area contributed by atoms with Crippen molar-refractivity contribution in [3.63, 3.8) is 0 Å². The number of furan rings is 1. The minimum Gasteiger partial charge on any atom is -0.461 e. The number of aryl methyl sites for hydroxylation is 1.